The minimum Gasteiger partial charge on any atom is -0.359 e. The number of nitrogens with zero attached hydrogens (tertiary/aromatic N) is 4. The molecular weight excluding hydrogens is 435 g/mol. The van der Waals surface area contributed by atoms with E-state index < -0.39 is 23.3 Å². The lowest BCUT2D eigenvalue weighted by atomic mass is 9.76. The molecule has 0 bridgehead atoms. The first-order valence-electron chi connectivity index (χ1n) is 11.2. The third-order valence-corrected chi connectivity index (χ3v) is 6.97. The Morgan fingerprint density at radius 2 is 1.88 bits per heavy atom. The quantitative estimate of drug-likeness (QED) is 0.747. The highest BCUT2D eigenvalue weighted by molar-refractivity contribution is 5.87. The SMILES string of the molecule is CN(C)C(=O)N1CCC2(CC1)CC(C(=O)NC1CC1)N(c1ccc(C#N)c(C(F)(F)F)c1)C2. The van der Waals surface area contributed by atoms with Gasteiger partial charge in [0.1, 0.15) is 6.04 Å². The number of anilines is 1. The number of likely N-dealkylation sites (tertiary alicyclic amines) is 1. The predicted molar refractivity (Wildman–Crippen MR) is 115 cm³/mol. The Kier molecular flexibility index (Phi) is 5.93. The summed E-state index contributed by atoms with van der Waals surface area (Å²) >= 11 is 0. The predicted octanol–water partition coefficient (Wildman–Crippen LogP) is 3.20. The van der Waals surface area contributed by atoms with E-state index in [1.807, 2.05) is 0 Å². The van der Waals surface area contributed by atoms with Crippen LogP contribution in [0.3, 0.4) is 0 Å². The Labute approximate surface area is 191 Å². The molecule has 1 aromatic carbocycles. The van der Waals surface area contributed by atoms with E-state index in [4.69, 9.17) is 5.26 Å². The maximum Gasteiger partial charge on any atom is 0.417 e. The van der Waals surface area contributed by atoms with Crippen molar-refractivity contribution in [3.8, 4) is 6.07 Å². The fraction of sp³-hybridized carbons (Fsp3) is 0.609. The number of piperidine rings is 1. The summed E-state index contributed by atoms with van der Waals surface area (Å²) in [5, 5.41) is 12.1. The van der Waals surface area contributed by atoms with Crippen molar-refractivity contribution in [2.24, 2.45) is 5.41 Å². The summed E-state index contributed by atoms with van der Waals surface area (Å²) in [6.45, 7) is 1.52. The zero-order valence-corrected chi connectivity index (χ0v) is 18.8. The van der Waals surface area contributed by atoms with Crippen LogP contribution in [-0.4, -0.2) is 67.6 Å². The summed E-state index contributed by atoms with van der Waals surface area (Å²) in [7, 11) is 3.40. The average molecular weight is 464 g/mol. The first kappa shape index (κ1) is 23.2. The number of benzene rings is 1. The number of alkyl halides is 3. The highest BCUT2D eigenvalue weighted by Crippen LogP contribution is 2.46. The zero-order valence-electron chi connectivity index (χ0n) is 18.8. The lowest BCUT2D eigenvalue weighted by Gasteiger charge is -2.40. The monoisotopic (exact) mass is 463 g/mol. The number of urea groups is 1. The second kappa shape index (κ2) is 8.43. The van der Waals surface area contributed by atoms with Gasteiger partial charge < -0.3 is 20.0 Å². The van der Waals surface area contributed by atoms with E-state index in [0.29, 0.717) is 44.6 Å². The summed E-state index contributed by atoms with van der Waals surface area (Å²) in [5.74, 6) is -0.168. The van der Waals surface area contributed by atoms with E-state index in [1.165, 1.54) is 17.0 Å². The number of halogens is 3. The largest absolute Gasteiger partial charge is 0.417 e. The maximum atomic E-state index is 13.6. The van der Waals surface area contributed by atoms with Gasteiger partial charge in [-0.3, -0.25) is 4.79 Å². The molecule has 178 valence electrons. The van der Waals surface area contributed by atoms with Crippen molar-refractivity contribution < 1.29 is 22.8 Å². The fourth-order valence-corrected chi connectivity index (χ4v) is 4.95. The summed E-state index contributed by atoms with van der Waals surface area (Å²) in [6.07, 6.45) is -0.947. The number of nitrogens with one attached hydrogen (secondary N) is 1. The van der Waals surface area contributed by atoms with E-state index in [0.717, 1.165) is 18.9 Å². The van der Waals surface area contributed by atoms with Crippen LogP contribution in [0.15, 0.2) is 18.2 Å². The van der Waals surface area contributed by atoms with Gasteiger partial charge in [0.05, 0.1) is 17.2 Å². The Bertz CT molecular complexity index is 975. The second-order valence-corrected chi connectivity index (χ2v) is 9.63. The van der Waals surface area contributed by atoms with Crippen LogP contribution in [0, 0.1) is 16.7 Å². The van der Waals surface area contributed by atoms with E-state index in [9.17, 15) is 22.8 Å². The molecule has 0 aromatic heterocycles. The molecule has 1 aliphatic carbocycles. The zero-order chi connectivity index (χ0) is 24.0. The molecule has 4 rings (SSSR count). The molecule has 3 fully saturated rings. The van der Waals surface area contributed by atoms with E-state index >= 15 is 0 Å². The third kappa shape index (κ3) is 4.72. The number of hydrogen-bond acceptors (Lipinski definition) is 4. The van der Waals surface area contributed by atoms with Crippen LogP contribution >= 0.6 is 0 Å². The summed E-state index contributed by atoms with van der Waals surface area (Å²) in [6, 6.07) is 4.76. The molecule has 2 aliphatic heterocycles. The molecule has 1 atom stereocenters. The van der Waals surface area contributed by atoms with Crippen LogP contribution in [0.25, 0.3) is 0 Å². The van der Waals surface area contributed by atoms with Crippen LogP contribution in [-0.2, 0) is 11.0 Å². The van der Waals surface area contributed by atoms with Gasteiger partial charge in [0.25, 0.3) is 0 Å². The Morgan fingerprint density at radius 3 is 2.42 bits per heavy atom. The van der Waals surface area contributed by atoms with Crippen molar-refractivity contribution in [3.63, 3.8) is 0 Å². The van der Waals surface area contributed by atoms with Crippen molar-refractivity contribution in [1.29, 1.82) is 5.26 Å². The number of carbonyl (C=O) groups excluding carboxylic acids is 2. The maximum absolute atomic E-state index is 13.6. The van der Waals surface area contributed by atoms with Gasteiger partial charge in [-0.2, -0.15) is 18.4 Å². The van der Waals surface area contributed by atoms with Crippen molar-refractivity contribution >= 4 is 17.6 Å². The molecule has 1 aromatic rings. The molecule has 33 heavy (non-hydrogen) atoms. The minimum absolute atomic E-state index is 0.0651. The molecular formula is C23H28F3N5O2. The minimum atomic E-state index is -4.66. The van der Waals surface area contributed by atoms with Gasteiger partial charge in [-0.25, -0.2) is 4.79 Å². The highest BCUT2D eigenvalue weighted by atomic mass is 19.4. The summed E-state index contributed by atoms with van der Waals surface area (Å²) in [5.41, 5.74) is -1.40. The van der Waals surface area contributed by atoms with E-state index in [1.54, 1.807) is 30.0 Å². The Morgan fingerprint density at radius 1 is 1.21 bits per heavy atom. The highest BCUT2D eigenvalue weighted by Gasteiger charge is 2.49. The molecule has 2 saturated heterocycles. The van der Waals surface area contributed by atoms with Crippen molar-refractivity contribution in [1.82, 2.24) is 15.1 Å². The summed E-state index contributed by atoms with van der Waals surface area (Å²) in [4.78, 5) is 30.5. The molecule has 1 unspecified atom stereocenters. The molecule has 0 radical (unpaired) electrons. The van der Waals surface area contributed by atoms with Gasteiger partial charge in [0.15, 0.2) is 0 Å². The first-order valence-corrected chi connectivity index (χ1v) is 11.2. The lowest BCUT2D eigenvalue weighted by molar-refractivity contribution is -0.137. The molecule has 3 amide bonds. The Hall–Kier alpha value is -2.96. The van der Waals surface area contributed by atoms with E-state index in [2.05, 4.69) is 5.32 Å². The van der Waals surface area contributed by atoms with Crippen LogP contribution in [0.2, 0.25) is 0 Å². The molecule has 1 spiro atoms. The van der Waals surface area contributed by atoms with Gasteiger partial charge in [-0.05, 0) is 55.7 Å². The third-order valence-electron chi connectivity index (χ3n) is 6.97. The molecule has 1 saturated carbocycles. The average Bonchev–Trinajstić information content (AvgIpc) is 3.51. The normalized spacial score (nSPS) is 22.2. The lowest BCUT2D eigenvalue weighted by Crippen LogP contribution is -2.47. The second-order valence-electron chi connectivity index (χ2n) is 9.63. The van der Waals surface area contributed by atoms with Crippen LogP contribution < -0.4 is 10.2 Å². The number of hydrogen-bond donors (Lipinski definition) is 1. The first-order chi connectivity index (χ1) is 15.5. The number of amides is 3. The van der Waals surface area contributed by atoms with Crippen molar-refractivity contribution in [3.05, 3.63) is 29.3 Å². The van der Waals surface area contributed by atoms with E-state index in [-0.39, 0.29) is 23.4 Å². The van der Waals surface area contributed by atoms with Gasteiger partial charge in [0, 0.05) is 45.5 Å². The fourth-order valence-electron chi connectivity index (χ4n) is 4.95. The van der Waals surface area contributed by atoms with Gasteiger partial charge in [-0.15, -0.1) is 0 Å². The smallest absolute Gasteiger partial charge is 0.359 e. The molecule has 3 aliphatic rings. The Balaban J connectivity index is 1.61. The molecule has 1 N–H and O–H groups in total. The standard InChI is InChI=1S/C23H28F3N5O2/c1-29(2)21(33)30-9-7-22(8-10-30)12-19(20(32)28-16-4-5-16)31(14-22)17-6-3-15(13-27)18(11-17)23(24,25)26/h3,6,11,16,19H,4-5,7-10,12,14H2,1-2H3,(H,28,32). The number of nitriles is 1. The van der Waals surface area contributed by atoms with Gasteiger partial charge in [0.2, 0.25) is 5.91 Å². The summed E-state index contributed by atoms with van der Waals surface area (Å²) < 4.78 is 40.7. The van der Waals surface area contributed by atoms with Crippen LogP contribution in [0.5, 0.6) is 0 Å². The molecule has 10 heteroatoms. The van der Waals surface area contributed by atoms with Gasteiger partial charge in [-0.1, -0.05) is 0 Å². The molecule has 2 heterocycles. The van der Waals surface area contributed by atoms with Crippen molar-refractivity contribution in [2.75, 3.05) is 38.6 Å². The van der Waals surface area contributed by atoms with Crippen LogP contribution in [0.1, 0.15) is 43.2 Å². The topological polar surface area (TPSA) is 79.7 Å². The van der Waals surface area contributed by atoms with Crippen molar-refractivity contribution in [2.45, 2.75) is 50.4 Å². The molecule has 7 nitrogen and oxygen atoms in total. The van der Waals surface area contributed by atoms with Crippen LogP contribution in [0.4, 0.5) is 23.7 Å². The number of carbonyl (C=O) groups is 2. The number of rotatable bonds is 3. The van der Waals surface area contributed by atoms with Gasteiger partial charge >= 0.3 is 12.2 Å².